The number of aliphatic hydroxyl groups excluding tert-OH is 1. The quantitative estimate of drug-likeness (QED) is 0.755. The van der Waals surface area contributed by atoms with Crippen LogP contribution in [0.25, 0.3) is 0 Å². The normalized spacial score (nSPS) is 17.6. The number of carbonyl (C=O) groups is 1. The average Bonchev–Trinajstić information content (AvgIpc) is 2.52. The van der Waals surface area contributed by atoms with E-state index in [0.29, 0.717) is 32.5 Å². The molecular weight excluding hydrogens is 272 g/mol. The number of ether oxygens (including phenoxy) is 2. The first-order valence-electron chi connectivity index (χ1n) is 7.39. The summed E-state index contributed by atoms with van der Waals surface area (Å²) in [5.41, 5.74) is 1.69. The van der Waals surface area contributed by atoms with Crippen molar-refractivity contribution in [2.45, 2.75) is 37.9 Å². The number of unbranched alkanes of at least 4 members (excludes halogenated alkanes) is 1. The molecule has 2 rings (SSSR count). The molecule has 21 heavy (non-hydrogen) atoms. The first kappa shape index (κ1) is 15.9. The predicted octanol–water partition coefficient (Wildman–Crippen LogP) is 2.45. The van der Waals surface area contributed by atoms with E-state index in [4.69, 9.17) is 14.6 Å². The third kappa shape index (κ3) is 4.52. The van der Waals surface area contributed by atoms with Crippen LogP contribution >= 0.6 is 0 Å². The number of carboxylic acid groups (broad SMARTS) is 1. The summed E-state index contributed by atoms with van der Waals surface area (Å²) in [5, 5.41) is 18.1. The van der Waals surface area contributed by atoms with Gasteiger partial charge in [0, 0.05) is 12.2 Å². The van der Waals surface area contributed by atoms with Gasteiger partial charge in [0.15, 0.2) is 6.29 Å². The first-order valence-corrected chi connectivity index (χ1v) is 7.39. The van der Waals surface area contributed by atoms with Crippen molar-refractivity contribution in [2.75, 3.05) is 19.8 Å². The maximum Gasteiger partial charge on any atom is 0.310 e. The standard InChI is InChI=1S/C16H22O5/c17-9-2-1-4-14(15(18)19)12-5-7-13(8-6-12)16-20-10-3-11-21-16/h5-8,14,16-17H,1-4,9-11H2,(H,18,19)/t14-/m0/s1. The highest BCUT2D eigenvalue weighted by molar-refractivity contribution is 5.76. The Labute approximate surface area is 124 Å². The second-order valence-corrected chi connectivity index (χ2v) is 5.20. The third-order valence-corrected chi connectivity index (χ3v) is 3.64. The molecule has 2 N–H and O–H groups in total. The van der Waals surface area contributed by atoms with Crippen molar-refractivity contribution in [1.82, 2.24) is 0 Å². The molecule has 0 spiro atoms. The Kier molecular flexibility index (Phi) is 6.17. The molecule has 1 aliphatic rings. The molecule has 0 saturated carbocycles. The van der Waals surface area contributed by atoms with E-state index in [9.17, 15) is 9.90 Å². The van der Waals surface area contributed by atoms with Gasteiger partial charge < -0.3 is 19.7 Å². The molecule has 0 bridgehead atoms. The molecular formula is C16H22O5. The van der Waals surface area contributed by atoms with E-state index in [1.807, 2.05) is 24.3 Å². The van der Waals surface area contributed by atoms with Crippen molar-refractivity contribution in [1.29, 1.82) is 0 Å². The monoisotopic (exact) mass is 294 g/mol. The van der Waals surface area contributed by atoms with Gasteiger partial charge in [-0.2, -0.15) is 0 Å². The topological polar surface area (TPSA) is 76.0 Å². The molecule has 1 aliphatic heterocycles. The van der Waals surface area contributed by atoms with Gasteiger partial charge in [-0.05, 0) is 31.2 Å². The highest BCUT2D eigenvalue weighted by Crippen LogP contribution is 2.27. The van der Waals surface area contributed by atoms with Gasteiger partial charge in [0.1, 0.15) is 0 Å². The summed E-state index contributed by atoms with van der Waals surface area (Å²) in [6.07, 6.45) is 2.42. The summed E-state index contributed by atoms with van der Waals surface area (Å²) >= 11 is 0. The number of benzene rings is 1. The zero-order chi connectivity index (χ0) is 15.1. The zero-order valence-electron chi connectivity index (χ0n) is 12.0. The minimum absolute atomic E-state index is 0.0988. The van der Waals surface area contributed by atoms with Crippen LogP contribution in [0.3, 0.4) is 0 Å². The smallest absolute Gasteiger partial charge is 0.310 e. The molecule has 1 saturated heterocycles. The number of aliphatic carboxylic acids is 1. The summed E-state index contributed by atoms with van der Waals surface area (Å²) < 4.78 is 11.0. The Balaban J connectivity index is 2.02. The summed E-state index contributed by atoms with van der Waals surface area (Å²) in [7, 11) is 0. The SMILES string of the molecule is O=C(O)[C@@H](CCCCO)c1ccc(C2OCCCO2)cc1. The second-order valence-electron chi connectivity index (χ2n) is 5.20. The van der Waals surface area contributed by atoms with Crippen molar-refractivity contribution in [2.24, 2.45) is 0 Å². The van der Waals surface area contributed by atoms with Gasteiger partial charge in [-0.1, -0.05) is 24.3 Å². The van der Waals surface area contributed by atoms with Crippen molar-refractivity contribution in [3.05, 3.63) is 35.4 Å². The Bertz CT molecular complexity index is 436. The van der Waals surface area contributed by atoms with Gasteiger partial charge in [0.25, 0.3) is 0 Å². The number of hydrogen-bond donors (Lipinski definition) is 2. The zero-order valence-corrected chi connectivity index (χ0v) is 12.0. The Hall–Kier alpha value is -1.43. The Morgan fingerprint density at radius 3 is 2.43 bits per heavy atom. The molecule has 0 unspecified atom stereocenters. The molecule has 5 nitrogen and oxygen atoms in total. The number of aliphatic hydroxyl groups is 1. The maximum absolute atomic E-state index is 11.4. The van der Waals surface area contributed by atoms with Crippen molar-refractivity contribution in [3.63, 3.8) is 0 Å². The van der Waals surface area contributed by atoms with Gasteiger partial charge >= 0.3 is 5.97 Å². The molecule has 0 amide bonds. The highest BCUT2D eigenvalue weighted by atomic mass is 16.7. The van der Waals surface area contributed by atoms with Gasteiger partial charge in [0.2, 0.25) is 0 Å². The minimum atomic E-state index is -0.828. The van der Waals surface area contributed by atoms with E-state index in [1.54, 1.807) is 0 Å². The van der Waals surface area contributed by atoms with Crippen LogP contribution in [0, 0.1) is 0 Å². The van der Waals surface area contributed by atoms with Crippen LogP contribution in [-0.2, 0) is 14.3 Å². The van der Waals surface area contributed by atoms with E-state index in [0.717, 1.165) is 17.5 Å². The van der Waals surface area contributed by atoms with Crippen molar-refractivity contribution in [3.8, 4) is 0 Å². The van der Waals surface area contributed by atoms with E-state index in [-0.39, 0.29) is 12.9 Å². The number of carboxylic acids is 1. The first-order chi connectivity index (χ1) is 10.2. The van der Waals surface area contributed by atoms with Crippen LogP contribution in [0.2, 0.25) is 0 Å². The van der Waals surface area contributed by atoms with Crippen LogP contribution in [-0.4, -0.2) is 36.0 Å². The van der Waals surface area contributed by atoms with Gasteiger partial charge in [-0.25, -0.2) is 0 Å². The lowest BCUT2D eigenvalue weighted by Gasteiger charge is -2.23. The summed E-state index contributed by atoms with van der Waals surface area (Å²) in [6.45, 7) is 1.47. The number of hydrogen-bond acceptors (Lipinski definition) is 4. The van der Waals surface area contributed by atoms with Crippen LogP contribution < -0.4 is 0 Å². The largest absolute Gasteiger partial charge is 0.481 e. The summed E-state index contributed by atoms with van der Waals surface area (Å²) in [5.74, 6) is -1.36. The van der Waals surface area contributed by atoms with Crippen LogP contribution in [0.15, 0.2) is 24.3 Å². The molecule has 116 valence electrons. The molecule has 1 heterocycles. The van der Waals surface area contributed by atoms with Crippen molar-refractivity contribution < 1.29 is 24.5 Å². The van der Waals surface area contributed by atoms with E-state index in [2.05, 4.69) is 0 Å². The molecule has 1 aromatic rings. The Morgan fingerprint density at radius 2 is 1.86 bits per heavy atom. The van der Waals surface area contributed by atoms with E-state index < -0.39 is 11.9 Å². The highest BCUT2D eigenvalue weighted by Gasteiger charge is 2.21. The fourth-order valence-corrected chi connectivity index (χ4v) is 2.46. The average molecular weight is 294 g/mol. The Morgan fingerprint density at radius 1 is 1.19 bits per heavy atom. The van der Waals surface area contributed by atoms with Crippen LogP contribution in [0.1, 0.15) is 49.0 Å². The molecule has 1 aromatic carbocycles. The molecule has 0 aliphatic carbocycles. The molecule has 1 atom stereocenters. The second kappa shape index (κ2) is 8.12. The number of rotatable bonds is 7. The van der Waals surface area contributed by atoms with Crippen LogP contribution in [0.4, 0.5) is 0 Å². The van der Waals surface area contributed by atoms with Gasteiger partial charge in [0.05, 0.1) is 19.1 Å². The third-order valence-electron chi connectivity index (χ3n) is 3.64. The van der Waals surface area contributed by atoms with Gasteiger partial charge in [-0.15, -0.1) is 0 Å². The van der Waals surface area contributed by atoms with E-state index >= 15 is 0 Å². The fraction of sp³-hybridized carbons (Fsp3) is 0.562. The van der Waals surface area contributed by atoms with Gasteiger partial charge in [-0.3, -0.25) is 4.79 Å². The van der Waals surface area contributed by atoms with E-state index in [1.165, 1.54) is 0 Å². The molecule has 0 radical (unpaired) electrons. The fourth-order valence-electron chi connectivity index (χ4n) is 2.46. The predicted molar refractivity (Wildman–Crippen MR) is 77.0 cm³/mol. The lowest BCUT2D eigenvalue weighted by Crippen LogP contribution is -2.18. The lowest BCUT2D eigenvalue weighted by atomic mass is 9.93. The molecule has 0 aromatic heterocycles. The minimum Gasteiger partial charge on any atom is -0.481 e. The summed E-state index contributed by atoms with van der Waals surface area (Å²) in [6, 6.07) is 7.39. The maximum atomic E-state index is 11.4. The lowest BCUT2D eigenvalue weighted by molar-refractivity contribution is -0.183. The molecule has 1 fully saturated rings. The summed E-state index contributed by atoms with van der Waals surface area (Å²) in [4.78, 5) is 11.4. The molecule has 5 heteroatoms. The van der Waals surface area contributed by atoms with Crippen molar-refractivity contribution >= 4 is 5.97 Å². The van der Waals surface area contributed by atoms with Crippen LogP contribution in [0.5, 0.6) is 0 Å².